The van der Waals surface area contributed by atoms with E-state index in [2.05, 4.69) is 25.7 Å². The van der Waals surface area contributed by atoms with E-state index in [4.69, 9.17) is 9.47 Å². The van der Waals surface area contributed by atoms with Crippen LogP contribution in [0.4, 0.5) is 5.69 Å². The number of carbonyl (C=O) groups excluding carboxylic acids is 1. The fourth-order valence-corrected chi connectivity index (χ4v) is 2.94. The molecule has 0 heterocycles. The van der Waals surface area contributed by atoms with Crippen LogP contribution in [0.1, 0.15) is 49.2 Å². The highest BCUT2D eigenvalue weighted by Crippen LogP contribution is 2.38. The average molecular weight is 394 g/mol. The number of ether oxygens (including phenoxy) is 2. The number of ketones is 1. The Morgan fingerprint density at radius 3 is 2.24 bits per heavy atom. The third-order valence-corrected chi connectivity index (χ3v) is 4.79. The molecule has 0 aliphatic carbocycles. The van der Waals surface area contributed by atoms with Crippen LogP contribution in [-0.2, 0) is 5.41 Å². The maximum atomic E-state index is 12.6. The minimum absolute atomic E-state index is 0.0616. The first-order valence-electron chi connectivity index (χ1n) is 9.94. The van der Waals surface area contributed by atoms with E-state index < -0.39 is 0 Å². The Bertz CT molecular complexity index is 880. The zero-order chi connectivity index (χ0) is 21.4. The van der Waals surface area contributed by atoms with E-state index in [0.29, 0.717) is 24.5 Å². The van der Waals surface area contributed by atoms with Crippen LogP contribution in [0.2, 0.25) is 0 Å². The molecule has 2 rings (SSSR count). The summed E-state index contributed by atoms with van der Waals surface area (Å²) in [4.78, 5) is 12.6. The maximum Gasteiger partial charge on any atom is 0.185 e. The number of rotatable bonds is 10. The lowest BCUT2D eigenvalue weighted by Gasteiger charge is -2.25. The molecule has 0 atom stereocenters. The molecule has 0 unspecified atom stereocenters. The molecule has 2 aromatic rings. The van der Waals surface area contributed by atoms with Crippen LogP contribution in [0.5, 0.6) is 11.5 Å². The number of hydrogen-bond donors (Lipinski definition) is 1. The standard InChI is InChI=1S/C25H31NO3/c1-7-25(4,5)21-16-19(23(28-8-2)17-24(21)29-9-3)12-15-22(27)18-10-13-20(26-6)14-11-18/h7,10-17,26H,1,8-9H2,2-6H3. The van der Waals surface area contributed by atoms with Crippen LogP contribution in [0.3, 0.4) is 0 Å². The van der Waals surface area contributed by atoms with Gasteiger partial charge in [-0.2, -0.15) is 0 Å². The summed E-state index contributed by atoms with van der Waals surface area (Å²) in [6.45, 7) is 13.1. The van der Waals surface area contributed by atoms with Gasteiger partial charge in [-0.05, 0) is 56.3 Å². The first-order chi connectivity index (χ1) is 13.9. The summed E-state index contributed by atoms with van der Waals surface area (Å²) >= 11 is 0. The molecule has 154 valence electrons. The second-order valence-electron chi connectivity index (χ2n) is 7.20. The lowest BCUT2D eigenvalue weighted by atomic mass is 9.83. The average Bonchev–Trinajstić information content (AvgIpc) is 2.73. The van der Waals surface area contributed by atoms with Crippen LogP contribution in [-0.4, -0.2) is 26.0 Å². The van der Waals surface area contributed by atoms with Crippen LogP contribution in [0.15, 0.2) is 55.1 Å². The Balaban J connectivity index is 2.45. The molecule has 0 radical (unpaired) electrons. The molecule has 0 aliphatic rings. The smallest absolute Gasteiger partial charge is 0.185 e. The SMILES string of the molecule is C=CC(C)(C)c1cc(C=CC(=O)c2ccc(NC)cc2)c(OCC)cc1OCC. The molecule has 2 aromatic carbocycles. The normalized spacial score (nSPS) is 11.3. The molecule has 0 aliphatic heterocycles. The van der Waals surface area contributed by atoms with Crippen molar-refractivity contribution in [2.24, 2.45) is 0 Å². The molecule has 0 fully saturated rings. The van der Waals surface area contributed by atoms with Crippen molar-refractivity contribution >= 4 is 17.5 Å². The topological polar surface area (TPSA) is 47.6 Å². The summed E-state index contributed by atoms with van der Waals surface area (Å²) in [5.41, 5.74) is 3.15. The van der Waals surface area contributed by atoms with Gasteiger partial charge in [-0.3, -0.25) is 4.79 Å². The van der Waals surface area contributed by atoms with Crippen molar-refractivity contribution in [3.63, 3.8) is 0 Å². The largest absolute Gasteiger partial charge is 0.493 e. The van der Waals surface area contributed by atoms with Gasteiger partial charge in [0.2, 0.25) is 0 Å². The van der Waals surface area contributed by atoms with Crippen LogP contribution in [0.25, 0.3) is 6.08 Å². The first-order valence-corrected chi connectivity index (χ1v) is 9.94. The van der Waals surface area contributed by atoms with Gasteiger partial charge in [0.25, 0.3) is 0 Å². The zero-order valence-corrected chi connectivity index (χ0v) is 18.0. The quantitative estimate of drug-likeness (QED) is 0.311. The maximum absolute atomic E-state index is 12.6. The summed E-state index contributed by atoms with van der Waals surface area (Å²) in [6.07, 6.45) is 5.28. The van der Waals surface area contributed by atoms with Gasteiger partial charge in [0, 0.05) is 40.9 Å². The van der Waals surface area contributed by atoms with Gasteiger partial charge in [0.1, 0.15) is 11.5 Å². The van der Waals surface area contributed by atoms with Crippen molar-refractivity contribution in [3.8, 4) is 11.5 Å². The van der Waals surface area contributed by atoms with E-state index >= 15 is 0 Å². The number of hydrogen-bond acceptors (Lipinski definition) is 4. The predicted octanol–water partition coefficient (Wildman–Crippen LogP) is 5.89. The van der Waals surface area contributed by atoms with Gasteiger partial charge < -0.3 is 14.8 Å². The number of anilines is 1. The molecular formula is C25H31NO3. The molecule has 0 bridgehead atoms. The molecule has 4 nitrogen and oxygen atoms in total. The van der Waals surface area contributed by atoms with Crippen molar-refractivity contribution < 1.29 is 14.3 Å². The summed E-state index contributed by atoms with van der Waals surface area (Å²) < 4.78 is 11.7. The molecular weight excluding hydrogens is 362 g/mol. The zero-order valence-electron chi connectivity index (χ0n) is 18.0. The molecule has 0 spiro atoms. The van der Waals surface area contributed by atoms with E-state index in [1.807, 2.05) is 63.4 Å². The van der Waals surface area contributed by atoms with Gasteiger partial charge in [-0.25, -0.2) is 0 Å². The van der Waals surface area contributed by atoms with Crippen molar-refractivity contribution in [2.75, 3.05) is 25.6 Å². The van der Waals surface area contributed by atoms with Gasteiger partial charge in [0.05, 0.1) is 13.2 Å². The second-order valence-corrected chi connectivity index (χ2v) is 7.20. The fourth-order valence-electron chi connectivity index (χ4n) is 2.94. The van der Waals surface area contributed by atoms with Gasteiger partial charge in [-0.15, -0.1) is 6.58 Å². The first kappa shape index (κ1) is 22.3. The van der Waals surface area contributed by atoms with Crippen molar-refractivity contribution in [2.45, 2.75) is 33.1 Å². The Labute approximate surface area is 174 Å². The third-order valence-electron chi connectivity index (χ3n) is 4.79. The number of carbonyl (C=O) groups is 1. The van der Waals surface area contributed by atoms with Gasteiger partial charge >= 0.3 is 0 Å². The van der Waals surface area contributed by atoms with Crippen molar-refractivity contribution in [3.05, 3.63) is 71.8 Å². The molecule has 0 aromatic heterocycles. The van der Waals surface area contributed by atoms with Crippen molar-refractivity contribution in [1.29, 1.82) is 0 Å². The van der Waals surface area contributed by atoms with Gasteiger partial charge in [0.15, 0.2) is 5.78 Å². The Kier molecular flexibility index (Phi) is 7.66. The summed E-state index contributed by atoms with van der Waals surface area (Å²) in [6, 6.07) is 11.3. The lowest BCUT2D eigenvalue weighted by molar-refractivity contribution is 0.104. The van der Waals surface area contributed by atoms with Crippen molar-refractivity contribution in [1.82, 2.24) is 0 Å². The Hall–Kier alpha value is -3.01. The van der Waals surface area contributed by atoms with E-state index in [1.165, 1.54) is 0 Å². The van der Waals surface area contributed by atoms with E-state index in [9.17, 15) is 4.79 Å². The Morgan fingerprint density at radius 1 is 1.07 bits per heavy atom. The predicted molar refractivity (Wildman–Crippen MR) is 121 cm³/mol. The molecule has 29 heavy (non-hydrogen) atoms. The summed E-state index contributed by atoms with van der Waals surface area (Å²) in [5.74, 6) is 1.40. The van der Waals surface area contributed by atoms with E-state index in [-0.39, 0.29) is 11.2 Å². The molecule has 4 heteroatoms. The van der Waals surface area contributed by atoms with Gasteiger partial charge in [-0.1, -0.05) is 19.9 Å². The lowest BCUT2D eigenvalue weighted by Crippen LogP contribution is -2.16. The molecule has 1 N–H and O–H groups in total. The monoisotopic (exact) mass is 393 g/mol. The van der Waals surface area contributed by atoms with Crippen LogP contribution < -0.4 is 14.8 Å². The molecule has 0 saturated heterocycles. The number of benzene rings is 2. The minimum atomic E-state index is -0.287. The highest BCUT2D eigenvalue weighted by atomic mass is 16.5. The van der Waals surface area contributed by atoms with E-state index in [1.54, 1.807) is 12.2 Å². The fraction of sp³-hybridized carbons (Fsp3) is 0.320. The Morgan fingerprint density at radius 2 is 1.69 bits per heavy atom. The summed E-state index contributed by atoms with van der Waals surface area (Å²) in [7, 11) is 1.85. The highest BCUT2D eigenvalue weighted by Gasteiger charge is 2.23. The van der Waals surface area contributed by atoms with Crippen LogP contribution >= 0.6 is 0 Å². The third kappa shape index (κ3) is 5.50. The second kappa shape index (κ2) is 9.97. The molecule has 0 amide bonds. The number of nitrogens with one attached hydrogen (secondary N) is 1. The molecule has 0 saturated carbocycles. The van der Waals surface area contributed by atoms with E-state index in [0.717, 1.165) is 22.6 Å². The van der Waals surface area contributed by atoms with Crippen LogP contribution in [0, 0.1) is 0 Å². The highest BCUT2D eigenvalue weighted by molar-refractivity contribution is 6.07. The summed E-state index contributed by atoms with van der Waals surface area (Å²) in [5, 5.41) is 3.05. The number of allylic oxidation sites excluding steroid dienone is 2. The minimum Gasteiger partial charge on any atom is -0.493 e.